The van der Waals surface area contributed by atoms with E-state index in [2.05, 4.69) is 15.0 Å². The molecule has 0 saturated carbocycles. The van der Waals surface area contributed by atoms with Crippen molar-refractivity contribution in [2.75, 3.05) is 7.11 Å². The van der Waals surface area contributed by atoms with Crippen LogP contribution in [0.5, 0.6) is 5.88 Å². The average Bonchev–Trinajstić information content (AvgIpc) is 2.55. The third-order valence-electron chi connectivity index (χ3n) is 3.05. The van der Waals surface area contributed by atoms with Crippen LogP contribution >= 0.6 is 12.2 Å². The Hall–Kier alpha value is -2.53. The van der Waals surface area contributed by atoms with Gasteiger partial charge in [-0.1, -0.05) is 42.5 Å². The van der Waals surface area contributed by atoms with Gasteiger partial charge in [0.25, 0.3) is 0 Å². The van der Waals surface area contributed by atoms with Crippen molar-refractivity contribution in [2.45, 2.75) is 0 Å². The summed E-state index contributed by atoms with van der Waals surface area (Å²) in [6, 6.07) is 15.5. The summed E-state index contributed by atoms with van der Waals surface area (Å²) >= 11 is 5.26. The van der Waals surface area contributed by atoms with Crippen molar-refractivity contribution in [3.8, 4) is 28.5 Å². The number of aromatic amines is 1. The van der Waals surface area contributed by atoms with Crippen LogP contribution in [0, 0.1) is 4.64 Å². The summed E-state index contributed by atoms with van der Waals surface area (Å²) in [5.74, 6) is 1.32. The lowest BCUT2D eigenvalue weighted by atomic mass is 10.2. The van der Waals surface area contributed by atoms with E-state index in [4.69, 9.17) is 17.0 Å². The van der Waals surface area contributed by atoms with E-state index in [1.165, 1.54) is 0 Å². The van der Waals surface area contributed by atoms with E-state index in [0.29, 0.717) is 10.5 Å². The molecule has 0 fully saturated rings. The molecule has 3 rings (SSSR count). The van der Waals surface area contributed by atoms with Crippen LogP contribution in [0.25, 0.3) is 22.6 Å². The fourth-order valence-corrected chi connectivity index (χ4v) is 2.22. The van der Waals surface area contributed by atoms with Crippen molar-refractivity contribution in [3.05, 3.63) is 59.4 Å². The molecule has 5 heteroatoms. The van der Waals surface area contributed by atoms with Gasteiger partial charge in [0.2, 0.25) is 5.88 Å². The smallest absolute Gasteiger partial charge is 0.212 e. The van der Waals surface area contributed by atoms with Gasteiger partial charge >= 0.3 is 0 Å². The number of benzene rings is 1. The molecule has 0 bridgehead atoms. The SMILES string of the molecule is COc1ccc(-c2cc(=S)nc(-c3ccccc3)[nH]2)cn1. The first-order valence-electron chi connectivity index (χ1n) is 6.43. The van der Waals surface area contributed by atoms with Gasteiger partial charge in [0.15, 0.2) is 0 Å². The summed E-state index contributed by atoms with van der Waals surface area (Å²) < 4.78 is 5.61. The number of ether oxygens (including phenoxy) is 1. The summed E-state index contributed by atoms with van der Waals surface area (Å²) in [5, 5.41) is 0. The Balaban J connectivity index is 2.07. The van der Waals surface area contributed by atoms with Gasteiger partial charge in [-0.2, -0.15) is 0 Å². The third kappa shape index (κ3) is 2.98. The predicted molar refractivity (Wildman–Crippen MR) is 84.6 cm³/mol. The molecular weight excluding hydrogens is 282 g/mol. The van der Waals surface area contributed by atoms with E-state index < -0.39 is 0 Å². The van der Waals surface area contributed by atoms with E-state index in [9.17, 15) is 0 Å². The maximum atomic E-state index is 5.26. The van der Waals surface area contributed by atoms with Gasteiger partial charge in [-0.15, -0.1) is 0 Å². The molecule has 0 radical (unpaired) electrons. The zero-order valence-electron chi connectivity index (χ0n) is 11.4. The van der Waals surface area contributed by atoms with Crippen LogP contribution in [0.4, 0.5) is 0 Å². The molecule has 0 unspecified atom stereocenters. The number of methoxy groups -OCH3 is 1. The van der Waals surface area contributed by atoms with Crippen molar-refractivity contribution < 1.29 is 4.74 Å². The Morgan fingerprint density at radius 3 is 2.52 bits per heavy atom. The number of pyridine rings is 1. The number of H-pyrrole nitrogens is 1. The van der Waals surface area contributed by atoms with Gasteiger partial charge in [-0.25, -0.2) is 9.97 Å². The summed E-state index contributed by atoms with van der Waals surface area (Å²) in [4.78, 5) is 11.9. The fraction of sp³-hybridized carbons (Fsp3) is 0.0625. The molecule has 0 atom stereocenters. The second-order valence-corrected chi connectivity index (χ2v) is 4.86. The van der Waals surface area contributed by atoms with Crippen LogP contribution < -0.4 is 4.74 Å². The number of nitrogens with one attached hydrogen (secondary N) is 1. The number of hydrogen-bond acceptors (Lipinski definition) is 4. The molecule has 0 saturated heterocycles. The molecule has 0 aliphatic rings. The van der Waals surface area contributed by atoms with E-state index in [-0.39, 0.29) is 0 Å². The Kier molecular flexibility index (Phi) is 3.75. The summed E-state index contributed by atoms with van der Waals surface area (Å²) in [5.41, 5.74) is 2.80. The highest BCUT2D eigenvalue weighted by Crippen LogP contribution is 2.21. The van der Waals surface area contributed by atoms with Gasteiger partial charge in [0, 0.05) is 23.4 Å². The molecule has 21 heavy (non-hydrogen) atoms. The standard InChI is InChI=1S/C16H13N3OS/c1-20-14-8-7-12(10-17-14)13-9-15(21)19-16(18-13)11-5-3-2-4-6-11/h2-10H,1H3,(H,18,19,21). The minimum atomic E-state index is 0.540. The quantitative estimate of drug-likeness (QED) is 0.745. The highest BCUT2D eigenvalue weighted by atomic mass is 32.1. The molecule has 1 aromatic carbocycles. The Bertz CT molecular complexity index is 798. The molecule has 1 N–H and O–H groups in total. The number of rotatable bonds is 3. The Morgan fingerprint density at radius 1 is 1.05 bits per heavy atom. The summed E-state index contributed by atoms with van der Waals surface area (Å²) in [7, 11) is 1.59. The van der Waals surface area contributed by atoms with Crippen LogP contribution in [-0.4, -0.2) is 22.1 Å². The zero-order chi connectivity index (χ0) is 14.7. The summed E-state index contributed by atoms with van der Waals surface area (Å²) in [6.07, 6.45) is 1.74. The highest BCUT2D eigenvalue weighted by molar-refractivity contribution is 7.71. The topological polar surface area (TPSA) is 50.8 Å². The first kappa shape index (κ1) is 13.5. The van der Waals surface area contributed by atoms with E-state index >= 15 is 0 Å². The van der Waals surface area contributed by atoms with Crippen LogP contribution in [-0.2, 0) is 0 Å². The molecule has 4 nitrogen and oxygen atoms in total. The van der Waals surface area contributed by atoms with Gasteiger partial charge in [0.05, 0.1) is 12.8 Å². The van der Waals surface area contributed by atoms with E-state index in [1.54, 1.807) is 13.3 Å². The van der Waals surface area contributed by atoms with Crippen molar-refractivity contribution in [2.24, 2.45) is 0 Å². The minimum Gasteiger partial charge on any atom is -0.481 e. The molecule has 0 spiro atoms. The Labute approximate surface area is 127 Å². The largest absolute Gasteiger partial charge is 0.481 e. The van der Waals surface area contributed by atoms with Crippen molar-refractivity contribution >= 4 is 12.2 Å². The molecule has 2 heterocycles. The van der Waals surface area contributed by atoms with Gasteiger partial charge in [0.1, 0.15) is 10.5 Å². The minimum absolute atomic E-state index is 0.540. The predicted octanol–water partition coefficient (Wildman–Crippen LogP) is 3.88. The third-order valence-corrected chi connectivity index (χ3v) is 3.26. The molecular formula is C16H13N3OS. The highest BCUT2D eigenvalue weighted by Gasteiger charge is 2.05. The zero-order valence-corrected chi connectivity index (χ0v) is 12.2. The van der Waals surface area contributed by atoms with Gasteiger partial charge in [-0.05, 0) is 12.1 Å². The monoisotopic (exact) mass is 295 g/mol. The fourth-order valence-electron chi connectivity index (χ4n) is 2.01. The average molecular weight is 295 g/mol. The van der Waals surface area contributed by atoms with Crippen molar-refractivity contribution in [1.29, 1.82) is 0 Å². The lowest BCUT2D eigenvalue weighted by molar-refractivity contribution is 0.398. The van der Waals surface area contributed by atoms with E-state index in [0.717, 1.165) is 22.6 Å². The van der Waals surface area contributed by atoms with Crippen LogP contribution in [0.1, 0.15) is 0 Å². The molecule has 3 aromatic rings. The number of aromatic nitrogens is 3. The number of hydrogen-bond donors (Lipinski definition) is 1. The normalized spacial score (nSPS) is 10.3. The lowest BCUT2D eigenvalue weighted by Crippen LogP contribution is -1.94. The Morgan fingerprint density at radius 2 is 1.86 bits per heavy atom. The van der Waals surface area contributed by atoms with Gasteiger partial charge < -0.3 is 9.72 Å². The second-order valence-electron chi connectivity index (χ2n) is 4.44. The molecule has 0 amide bonds. The number of nitrogens with zero attached hydrogens (tertiary/aromatic N) is 2. The van der Waals surface area contributed by atoms with Crippen LogP contribution in [0.2, 0.25) is 0 Å². The maximum absolute atomic E-state index is 5.26. The summed E-state index contributed by atoms with van der Waals surface area (Å²) in [6.45, 7) is 0. The second kappa shape index (κ2) is 5.85. The molecule has 0 aliphatic carbocycles. The lowest BCUT2D eigenvalue weighted by Gasteiger charge is -2.06. The molecule has 104 valence electrons. The molecule has 2 aromatic heterocycles. The first-order valence-corrected chi connectivity index (χ1v) is 6.84. The maximum Gasteiger partial charge on any atom is 0.212 e. The van der Waals surface area contributed by atoms with Gasteiger partial charge in [-0.3, -0.25) is 0 Å². The van der Waals surface area contributed by atoms with Crippen LogP contribution in [0.15, 0.2) is 54.7 Å². The van der Waals surface area contributed by atoms with Crippen molar-refractivity contribution in [3.63, 3.8) is 0 Å². The first-order chi connectivity index (χ1) is 10.3. The van der Waals surface area contributed by atoms with E-state index in [1.807, 2.05) is 48.5 Å². The molecule has 0 aliphatic heterocycles. The van der Waals surface area contributed by atoms with Crippen molar-refractivity contribution in [1.82, 2.24) is 15.0 Å². The van der Waals surface area contributed by atoms with Crippen LogP contribution in [0.3, 0.4) is 0 Å².